The van der Waals surface area contributed by atoms with E-state index in [9.17, 15) is 9.90 Å². The highest BCUT2D eigenvalue weighted by atomic mass is 16.6. The summed E-state index contributed by atoms with van der Waals surface area (Å²) in [5.41, 5.74) is 1.35. The van der Waals surface area contributed by atoms with Gasteiger partial charge in [-0.1, -0.05) is 6.07 Å². The quantitative estimate of drug-likeness (QED) is 0.754. The van der Waals surface area contributed by atoms with E-state index in [0.29, 0.717) is 18.9 Å². The number of aromatic hydroxyl groups is 1. The van der Waals surface area contributed by atoms with E-state index in [1.807, 2.05) is 6.92 Å². The van der Waals surface area contributed by atoms with Crippen molar-refractivity contribution in [3.63, 3.8) is 0 Å². The van der Waals surface area contributed by atoms with E-state index in [1.165, 1.54) is 0 Å². The van der Waals surface area contributed by atoms with Crippen LogP contribution < -0.4 is 5.32 Å². The fourth-order valence-electron chi connectivity index (χ4n) is 1.60. The van der Waals surface area contributed by atoms with Gasteiger partial charge in [0.15, 0.2) is 6.10 Å². The molecule has 2 rings (SSSR count). The maximum atomic E-state index is 11.8. The minimum Gasteiger partial charge on any atom is -0.506 e. The van der Waals surface area contributed by atoms with E-state index in [1.54, 1.807) is 18.2 Å². The van der Waals surface area contributed by atoms with Crippen molar-refractivity contribution in [2.75, 3.05) is 25.1 Å². The molecule has 1 fully saturated rings. The molecule has 17 heavy (non-hydrogen) atoms. The standard InChI is InChI=1S/C12H15NO4/c1-8-2-3-10(14)9(6-8)13-12(15)11-7-16-4-5-17-11/h2-3,6,11,14H,4-5,7H2,1H3,(H,13,15). The second-order valence-corrected chi connectivity index (χ2v) is 3.94. The zero-order valence-corrected chi connectivity index (χ0v) is 9.60. The lowest BCUT2D eigenvalue weighted by Crippen LogP contribution is -2.39. The number of amides is 1. The molecule has 0 saturated carbocycles. The lowest BCUT2D eigenvalue weighted by atomic mass is 10.2. The Bertz CT molecular complexity index is 413. The summed E-state index contributed by atoms with van der Waals surface area (Å²) in [5, 5.41) is 12.2. The number of carbonyl (C=O) groups excluding carboxylic acids is 1. The van der Waals surface area contributed by atoms with Gasteiger partial charge in [-0.25, -0.2) is 0 Å². The number of hydrogen-bond donors (Lipinski definition) is 2. The van der Waals surface area contributed by atoms with Gasteiger partial charge in [0.25, 0.3) is 5.91 Å². The van der Waals surface area contributed by atoms with Gasteiger partial charge < -0.3 is 19.9 Å². The van der Waals surface area contributed by atoms with Crippen molar-refractivity contribution >= 4 is 11.6 Å². The van der Waals surface area contributed by atoms with E-state index in [2.05, 4.69) is 5.32 Å². The molecule has 1 atom stereocenters. The zero-order valence-electron chi connectivity index (χ0n) is 9.60. The van der Waals surface area contributed by atoms with Crippen LogP contribution in [0.4, 0.5) is 5.69 Å². The van der Waals surface area contributed by atoms with Gasteiger partial charge in [0.1, 0.15) is 5.75 Å². The number of phenols is 1. The number of benzene rings is 1. The van der Waals surface area contributed by atoms with Crippen LogP contribution in [0.25, 0.3) is 0 Å². The average Bonchev–Trinajstić information content (AvgIpc) is 2.35. The van der Waals surface area contributed by atoms with Gasteiger partial charge in [0, 0.05) is 0 Å². The Morgan fingerprint density at radius 2 is 2.29 bits per heavy atom. The third kappa shape index (κ3) is 2.95. The number of anilines is 1. The molecule has 1 heterocycles. The van der Waals surface area contributed by atoms with E-state index < -0.39 is 6.10 Å². The molecule has 1 amide bonds. The summed E-state index contributed by atoms with van der Waals surface area (Å²) in [6.07, 6.45) is -0.608. The third-order valence-electron chi connectivity index (χ3n) is 2.52. The number of nitrogens with one attached hydrogen (secondary N) is 1. The molecular weight excluding hydrogens is 222 g/mol. The first kappa shape index (κ1) is 11.9. The van der Waals surface area contributed by atoms with Gasteiger partial charge in [-0.2, -0.15) is 0 Å². The maximum absolute atomic E-state index is 11.8. The molecule has 0 aromatic heterocycles. The summed E-state index contributed by atoms with van der Waals surface area (Å²) in [5.74, 6) is -0.258. The summed E-state index contributed by atoms with van der Waals surface area (Å²) in [6, 6.07) is 5.02. The number of rotatable bonds is 2. The van der Waals surface area contributed by atoms with Gasteiger partial charge in [0.2, 0.25) is 0 Å². The number of carbonyl (C=O) groups is 1. The lowest BCUT2D eigenvalue weighted by Gasteiger charge is -2.22. The second kappa shape index (κ2) is 5.16. The SMILES string of the molecule is Cc1ccc(O)c(NC(=O)C2COCCO2)c1. The van der Waals surface area contributed by atoms with Crippen LogP contribution in [0.3, 0.4) is 0 Å². The summed E-state index contributed by atoms with van der Waals surface area (Å²) in [4.78, 5) is 11.8. The predicted octanol–water partition coefficient (Wildman–Crippen LogP) is 1.05. The van der Waals surface area contributed by atoms with Gasteiger partial charge in [0.05, 0.1) is 25.5 Å². The van der Waals surface area contributed by atoms with Crippen molar-refractivity contribution in [1.82, 2.24) is 0 Å². The van der Waals surface area contributed by atoms with Crippen molar-refractivity contribution in [1.29, 1.82) is 0 Å². The summed E-state index contributed by atoms with van der Waals surface area (Å²) < 4.78 is 10.4. The van der Waals surface area contributed by atoms with Gasteiger partial charge in [-0.05, 0) is 24.6 Å². The Labute approximate surface area is 99.3 Å². The zero-order chi connectivity index (χ0) is 12.3. The minimum absolute atomic E-state index is 0.0423. The highest BCUT2D eigenvalue weighted by Crippen LogP contribution is 2.24. The maximum Gasteiger partial charge on any atom is 0.256 e. The fraction of sp³-hybridized carbons (Fsp3) is 0.417. The highest BCUT2D eigenvalue weighted by molar-refractivity contribution is 5.95. The van der Waals surface area contributed by atoms with Crippen molar-refractivity contribution in [2.45, 2.75) is 13.0 Å². The van der Waals surface area contributed by atoms with Gasteiger partial charge >= 0.3 is 0 Å². The molecule has 0 radical (unpaired) electrons. The van der Waals surface area contributed by atoms with Gasteiger partial charge in [-0.15, -0.1) is 0 Å². The highest BCUT2D eigenvalue weighted by Gasteiger charge is 2.23. The Kier molecular flexibility index (Phi) is 3.61. The lowest BCUT2D eigenvalue weighted by molar-refractivity contribution is -0.142. The molecule has 0 aliphatic carbocycles. The van der Waals surface area contributed by atoms with Crippen molar-refractivity contribution in [3.8, 4) is 5.75 Å². The normalized spacial score (nSPS) is 19.9. The number of ether oxygens (including phenoxy) is 2. The van der Waals surface area contributed by atoms with Crippen LogP contribution >= 0.6 is 0 Å². The van der Waals surface area contributed by atoms with Crippen molar-refractivity contribution in [2.24, 2.45) is 0 Å². The summed E-state index contributed by atoms with van der Waals surface area (Å²) >= 11 is 0. The minimum atomic E-state index is -0.608. The fourth-order valence-corrected chi connectivity index (χ4v) is 1.60. The Hall–Kier alpha value is -1.59. The first-order valence-corrected chi connectivity index (χ1v) is 5.46. The average molecular weight is 237 g/mol. The molecule has 1 aliphatic heterocycles. The van der Waals surface area contributed by atoms with E-state index >= 15 is 0 Å². The Morgan fingerprint density at radius 1 is 1.47 bits per heavy atom. The molecule has 92 valence electrons. The molecule has 2 N–H and O–H groups in total. The molecule has 1 unspecified atom stereocenters. The van der Waals surface area contributed by atoms with E-state index in [0.717, 1.165) is 5.56 Å². The first-order chi connectivity index (χ1) is 8.16. The number of hydrogen-bond acceptors (Lipinski definition) is 4. The molecule has 5 heteroatoms. The van der Waals surface area contributed by atoms with Crippen LogP contribution in [0.2, 0.25) is 0 Å². The van der Waals surface area contributed by atoms with Crippen LogP contribution in [0.15, 0.2) is 18.2 Å². The molecular formula is C12H15NO4. The van der Waals surface area contributed by atoms with Crippen LogP contribution in [-0.2, 0) is 14.3 Å². The molecule has 1 aromatic carbocycles. The van der Waals surface area contributed by atoms with Crippen LogP contribution in [0, 0.1) is 6.92 Å². The molecule has 1 aromatic rings. The molecule has 5 nitrogen and oxygen atoms in total. The molecule has 0 spiro atoms. The Balaban J connectivity index is 2.04. The Morgan fingerprint density at radius 3 is 3.00 bits per heavy atom. The largest absolute Gasteiger partial charge is 0.506 e. The predicted molar refractivity (Wildman–Crippen MR) is 62.0 cm³/mol. The number of aryl methyl sites for hydroxylation is 1. The smallest absolute Gasteiger partial charge is 0.256 e. The van der Waals surface area contributed by atoms with E-state index in [-0.39, 0.29) is 18.3 Å². The topological polar surface area (TPSA) is 67.8 Å². The monoisotopic (exact) mass is 237 g/mol. The summed E-state index contributed by atoms with van der Waals surface area (Å²) in [7, 11) is 0. The van der Waals surface area contributed by atoms with Crippen LogP contribution in [-0.4, -0.2) is 36.9 Å². The molecule has 1 saturated heterocycles. The second-order valence-electron chi connectivity index (χ2n) is 3.94. The summed E-state index contributed by atoms with van der Waals surface area (Å²) in [6.45, 7) is 3.06. The van der Waals surface area contributed by atoms with Gasteiger partial charge in [-0.3, -0.25) is 4.79 Å². The molecule has 0 bridgehead atoms. The van der Waals surface area contributed by atoms with Crippen LogP contribution in [0.5, 0.6) is 5.75 Å². The third-order valence-corrected chi connectivity index (χ3v) is 2.52. The van der Waals surface area contributed by atoms with E-state index in [4.69, 9.17) is 9.47 Å². The van der Waals surface area contributed by atoms with Crippen molar-refractivity contribution in [3.05, 3.63) is 23.8 Å². The van der Waals surface area contributed by atoms with Crippen molar-refractivity contribution < 1.29 is 19.4 Å². The van der Waals surface area contributed by atoms with Crippen LogP contribution in [0.1, 0.15) is 5.56 Å². The molecule has 1 aliphatic rings. The number of phenolic OH excluding ortho intramolecular Hbond substituents is 1. The first-order valence-electron chi connectivity index (χ1n) is 5.46.